The number of methoxy groups -OCH3 is 1. The summed E-state index contributed by atoms with van der Waals surface area (Å²) in [5.41, 5.74) is 7.07. The first-order valence-electron chi connectivity index (χ1n) is 21.8. The van der Waals surface area contributed by atoms with Gasteiger partial charge in [0.25, 0.3) is 0 Å². The molecule has 7 aliphatic rings. The van der Waals surface area contributed by atoms with Crippen LogP contribution in [-0.2, 0) is 39.3 Å². The summed E-state index contributed by atoms with van der Waals surface area (Å²) in [7, 11) is 3.58. The number of aromatic nitrogens is 1. The van der Waals surface area contributed by atoms with Gasteiger partial charge in [-0.25, -0.2) is 0 Å². The molecule has 0 radical (unpaired) electrons. The summed E-state index contributed by atoms with van der Waals surface area (Å²) in [4.78, 5) is 36.4. The summed E-state index contributed by atoms with van der Waals surface area (Å²) >= 11 is 1.57. The number of likely N-dealkylation sites (N-methyl/N-ethyl adjacent to an activating group) is 1. The van der Waals surface area contributed by atoms with Crippen molar-refractivity contribution >= 4 is 34.4 Å². The van der Waals surface area contributed by atoms with E-state index in [2.05, 4.69) is 38.3 Å². The summed E-state index contributed by atoms with van der Waals surface area (Å²) in [6.45, 7) is 5.88. The number of esters is 1. The number of ketones is 1. The number of nitrogens with one attached hydrogen (secondary N) is 2. The summed E-state index contributed by atoms with van der Waals surface area (Å²) in [6, 6.07) is 18.3. The smallest absolute Gasteiger partial charge is 0.308 e. The SMILES string of the molecule is COc1c(C)cc2c(c1O)[C@H]1C3[C@@H]4SC[C@]5(NCCc6c5[nH]c5ccc(OCc7ccccc7)cc65)C(=O)COC[C@@H](c5c6c(c(C)c(OC(C)=O)c54)OCO6)N3[C@@H](C#N)[C@@H](C2)N1C. The molecule has 0 amide bonds. The highest BCUT2D eigenvalue weighted by Crippen LogP contribution is 2.64. The van der Waals surface area contributed by atoms with Gasteiger partial charge in [0.1, 0.15) is 36.3 Å². The zero-order valence-corrected chi connectivity index (χ0v) is 37.1. The Hall–Kier alpha value is -5.76. The number of phenols is 1. The van der Waals surface area contributed by atoms with Crippen molar-refractivity contribution in [2.24, 2.45) is 0 Å². The number of nitrogens with zero attached hydrogens (tertiary/aromatic N) is 3. The summed E-state index contributed by atoms with van der Waals surface area (Å²) < 4.78 is 37.4. The molecule has 5 aromatic rings. The van der Waals surface area contributed by atoms with Crippen LogP contribution < -0.4 is 29.0 Å². The molecule has 0 aliphatic carbocycles. The number of piperazine rings is 1. The van der Waals surface area contributed by atoms with Crippen molar-refractivity contribution in [3.05, 3.63) is 105 Å². The Morgan fingerprint density at radius 1 is 1.08 bits per heavy atom. The van der Waals surface area contributed by atoms with Gasteiger partial charge in [-0.3, -0.25) is 24.7 Å². The van der Waals surface area contributed by atoms with Crippen molar-refractivity contribution in [3.8, 4) is 40.6 Å². The number of H-pyrrole nitrogens is 1. The quantitative estimate of drug-likeness (QED) is 0.132. The molecule has 1 unspecified atom stereocenters. The first-order chi connectivity index (χ1) is 31.0. The van der Waals surface area contributed by atoms with E-state index in [9.17, 15) is 15.2 Å². The molecule has 2 fully saturated rings. The van der Waals surface area contributed by atoms with E-state index in [4.69, 9.17) is 28.4 Å². The molecule has 1 spiro atoms. The van der Waals surface area contributed by atoms with Crippen LogP contribution in [0.5, 0.6) is 34.5 Å². The van der Waals surface area contributed by atoms with E-state index in [1.807, 2.05) is 63.4 Å². The van der Waals surface area contributed by atoms with Crippen LogP contribution in [0.3, 0.4) is 0 Å². The number of aromatic hydroxyl groups is 1. The lowest BCUT2D eigenvalue weighted by molar-refractivity contribution is -0.133. The van der Waals surface area contributed by atoms with Crippen LogP contribution >= 0.6 is 11.8 Å². The second-order valence-corrected chi connectivity index (χ2v) is 18.8. The molecule has 330 valence electrons. The first-order valence-corrected chi connectivity index (χ1v) is 22.8. The van der Waals surface area contributed by atoms with E-state index in [1.165, 1.54) is 6.92 Å². The predicted molar refractivity (Wildman–Crippen MR) is 237 cm³/mol. The van der Waals surface area contributed by atoms with Gasteiger partial charge in [-0.1, -0.05) is 36.4 Å². The lowest BCUT2D eigenvalue weighted by Gasteiger charge is -2.61. The maximum Gasteiger partial charge on any atom is 0.308 e. The van der Waals surface area contributed by atoms with Gasteiger partial charge in [-0.05, 0) is 74.2 Å². The number of hydrogen-bond acceptors (Lipinski definition) is 14. The highest BCUT2D eigenvalue weighted by atomic mass is 32.2. The number of carbonyl (C=O) groups is 2. The number of fused-ring (bicyclic) bond motifs is 12. The molecule has 64 heavy (non-hydrogen) atoms. The minimum atomic E-state index is -1.23. The van der Waals surface area contributed by atoms with Crippen molar-refractivity contribution in [1.29, 1.82) is 5.26 Å². The van der Waals surface area contributed by atoms with Gasteiger partial charge >= 0.3 is 5.97 Å². The number of aromatic amines is 1. The lowest BCUT2D eigenvalue weighted by Crippen LogP contribution is -2.69. The molecule has 15 heteroatoms. The zero-order chi connectivity index (χ0) is 44.2. The number of thioether (sulfide) groups is 1. The predicted octanol–water partition coefficient (Wildman–Crippen LogP) is 6.38. The second kappa shape index (κ2) is 15.5. The normalized spacial score (nSPS) is 26.9. The van der Waals surface area contributed by atoms with Gasteiger partial charge in [-0.15, -0.1) is 11.8 Å². The Morgan fingerprint density at radius 3 is 2.67 bits per heavy atom. The average molecular weight is 884 g/mol. The highest BCUT2D eigenvalue weighted by Gasteiger charge is 2.61. The minimum absolute atomic E-state index is 0.0140. The molecule has 2 saturated heterocycles. The number of aryl methyl sites for hydroxylation is 1. The summed E-state index contributed by atoms with van der Waals surface area (Å²) in [6.07, 6.45) is 1.19. The number of rotatable bonds is 5. The van der Waals surface area contributed by atoms with Crippen molar-refractivity contribution in [1.82, 2.24) is 20.1 Å². The van der Waals surface area contributed by atoms with E-state index in [-0.39, 0.29) is 43.3 Å². The lowest BCUT2D eigenvalue weighted by atomic mass is 9.71. The molecule has 7 atom stereocenters. The average Bonchev–Trinajstić information content (AvgIpc) is 3.92. The van der Waals surface area contributed by atoms with E-state index in [1.54, 1.807) is 18.9 Å². The second-order valence-electron chi connectivity index (χ2n) is 17.7. The van der Waals surface area contributed by atoms with Crippen LogP contribution in [0, 0.1) is 25.2 Å². The van der Waals surface area contributed by atoms with Gasteiger partial charge < -0.3 is 38.5 Å². The van der Waals surface area contributed by atoms with Crippen LogP contribution in [0.1, 0.15) is 74.5 Å². The molecule has 8 heterocycles. The van der Waals surface area contributed by atoms with Gasteiger partial charge in [-0.2, -0.15) is 5.26 Å². The summed E-state index contributed by atoms with van der Waals surface area (Å²) in [5.74, 6) is 2.15. The third kappa shape index (κ3) is 5.99. The van der Waals surface area contributed by atoms with Gasteiger partial charge in [0.2, 0.25) is 6.79 Å². The van der Waals surface area contributed by atoms with Crippen molar-refractivity contribution in [2.45, 2.75) is 81.2 Å². The van der Waals surface area contributed by atoms with Gasteiger partial charge in [0.15, 0.2) is 28.8 Å². The van der Waals surface area contributed by atoms with Crippen molar-refractivity contribution in [3.63, 3.8) is 0 Å². The molecule has 12 rings (SSSR count). The third-order valence-electron chi connectivity index (χ3n) is 14.4. The van der Waals surface area contributed by atoms with E-state index in [0.717, 1.165) is 55.7 Å². The third-order valence-corrected chi connectivity index (χ3v) is 15.8. The number of benzene rings is 4. The Balaban J connectivity index is 1.11. The monoisotopic (exact) mass is 883 g/mol. The molecule has 3 N–H and O–H groups in total. The van der Waals surface area contributed by atoms with Gasteiger partial charge in [0, 0.05) is 70.2 Å². The van der Waals surface area contributed by atoms with Crippen LogP contribution in [0.2, 0.25) is 0 Å². The molecule has 14 nitrogen and oxygen atoms in total. The Kier molecular flexibility index (Phi) is 9.89. The molecule has 1 aromatic heterocycles. The Labute approximate surface area is 374 Å². The maximum absolute atomic E-state index is 15.1. The number of nitriles is 1. The van der Waals surface area contributed by atoms with Crippen LogP contribution in [0.4, 0.5) is 0 Å². The fraction of sp³-hybridized carbons (Fsp3) is 0.408. The zero-order valence-electron chi connectivity index (χ0n) is 36.3. The standard InChI is InChI=1S/C49H49N5O9S/c1-24-15-28-16-33-34(18-50)54-35-20-59-21-36(56)49(48-30(13-14-51-49)31-17-29(11-12-32(31)52-48)60-19-27-9-7-6-8-10-27)22-64-47(41(54)40(53(33)4)37(28)42(57)43(24)58-5)39-38(35)46-45(61-23-62-46)25(2)44(39)63-26(3)55/h6-12,15,17,33-35,40-41,47,51-52,57H,13-14,16,19-23H2,1-5H3/t33-,34+,35+,40+,41?,47-,49+/m1/s1. The fourth-order valence-corrected chi connectivity index (χ4v) is 13.4. The number of phenolic OH excluding ortho intramolecular Hbond substituents is 1. The molecule has 4 aromatic carbocycles. The highest BCUT2D eigenvalue weighted by molar-refractivity contribution is 7.99. The topological polar surface area (TPSA) is 168 Å². The van der Waals surface area contributed by atoms with Crippen LogP contribution in [-0.4, -0.2) is 96.2 Å². The number of carbonyl (C=O) groups excluding carboxylic acids is 2. The number of ether oxygens (including phenoxy) is 6. The fourth-order valence-electron chi connectivity index (χ4n) is 11.7. The van der Waals surface area contributed by atoms with Crippen molar-refractivity contribution < 1.29 is 43.1 Å². The maximum atomic E-state index is 15.1. The van der Waals surface area contributed by atoms with E-state index >= 15 is 4.79 Å². The number of Topliss-reactive ketones (excluding diaryl/α,β-unsaturated/α-hetero) is 1. The number of hydrogen-bond donors (Lipinski definition) is 3. The van der Waals surface area contributed by atoms with E-state index in [0.29, 0.717) is 60.1 Å². The molecular weight excluding hydrogens is 835 g/mol. The molecule has 0 saturated carbocycles. The van der Waals surface area contributed by atoms with Crippen molar-refractivity contribution in [2.75, 3.05) is 46.5 Å². The van der Waals surface area contributed by atoms with Crippen LogP contribution in [0.15, 0.2) is 54.6 Å². The Bertz CT molecular complexity index is 2810. The van der Waals surface area contributed by atoms with Crippen LogP contribution in [0.25, 0.3) is 10.9 Å². The first kappa shape index (κ1) is 41.0. The molecule has 7 aliphatic heterocycles. The Morgan fingerprint density at radius 2 is 1.89 bits per heavy atom. The van der Waals surface area contributed by atoms with E-state index < -0.39 is 40.9 Å². The summed E-state index contributed by atoms with van der Waals surface area (Å²) in [5, 5.41) is 27.7. The largest absolute Gasteiger partial charge is 0.504 e. The minimum Gasteiger partial charge on any atom is -0.504 e. The molecule has 4 bridgehead atoms. The molecular formula is C49H49N5O9S. The van der Waals surface area contributed by atoms with Gasteiger partial charge in [0.05, 0.1) is 37.1 Å².